The predicted octanol–water partition coefficient (Wildman–Crippen LogP) is 0.691. The summed E-state index contributed by atoms with van der Waals surface area (Å²) in [4.78, 5) is 36.0. The van der Waals surface area contributed by atoms with Crippen molar-refractivity contribution in [1.82, 2.24) is 4.90 Å². The van der Waals surface area contributed by atoms with Crippen molar-refractivity contribution in [3.8, 4) is 0 Å². The van der Waals surface area contributed by atoms with Gasteiger partial charge in [0.05, 0.1) is 0 Å². The summed E-state index contributed by atoms with van der Waals surface area (Å²) in [6, 6.07) is 6.61. The molecule has 0 radical (unpaired) electrons. The summed E-state index contributed by atoms with van der Waals surface area (Å²) in [6.45, 7) is 2.05. The van der Waals surface area contributed by atoms with E-state index in [1.165, 1.54) is 0 Å². The minimum Gasteiger partial charge on any atom is -0.480 e. The van der Waals surface area contributed by atoms with E-state index in [0.717, 1.165) is 10.5 Å². The number of carboxylic acid groups (broad SMARTS) is 1. The molecule has 8 nitrogen and oxygen atoms in total. The van der Waals surface area contributed by atoms with Crippen LogP contribution in [0.5, 0.6) is 0 Å². The fourth-order valence-corrected chi connectivity index (χ4v) is 2.16. The highest BCUT2D eigenvalue weighted by Crippen LogP contribution is 2.12. The molecule has 2 atom stereocenters. The van der Waals surface area contributed by atoms with Gasteiger partial charge in [-0.3, -0.25) is 14.5 Å². The van der Waals surface area contributed by atoms with E-state index in [1.54, 1.807) is 12.1 Å². The predicted molar refractivity (Wildman–Crippen MR) is 86.8 cm³/mol. The number of amides is 2. The average molecular weight is 337 g/mol. The molecule has 0 aromatic heterocycles. The topological polar surface area (TPSA) is 136 Å². The van der Waals surface area contributed by atoms with Gasteiger partial charge in [-0.2, -0.15) is 0 Å². The number of primary amides is 1. The van der Waals surface area contributed by atoms with Gasteiger partial charge in [0, 0.05) is 13.0 Å². The number of carbonyl (C=O) groups excluding carboxylic acids is 2. The Morgan fingerprint density at radius 2 is 1.88 bits per heavy atom. The van der Waals surface area contributed by atoms with Crippen LogP contribution in [0.15, 0.2) is 30.3 Å². The summed E-state index contributed by atoms with van der Waals surface area (Å²) >= 11 is 0. The summed E-state index contributed by atoms with van der Waals surface area (Å²) in [6.07, 6.45) is -0.459. The number of hydrogen-bond acceptors (Lipinski definition) is 5. The van der Waals surface area contributed by atoms with Crippen molar-refractivity contribution in [2.75, 3.05) is 6.54 Å². The standard InChI is InChI=1S/C16H23N3O5/c1-2-8-19(13(14(18)20)9-12(17)15(21)22)16(23)24-10-11-6-4-3-5-7-11/h3-7,12-13H,2,8-10,17H2,1H3,(H2,18,20)(H,21,22)/t12?,13-/m0/s1. The number of hydrogen-bond donors (Lipinski definition) is 3. The second-order valence-corrected chi connectivity index (χ2v) is 5.33. The Morgan fingerprint density at radius 1 is 1.25 bits per heavy atom. The lowest BCUT2D eigenvalue weighted by atomic mass is 10.1. The minimum absolute atomic E-state index is 0.0380. The lowest BCUT2D eigenvalue weighted by Crippen LogP contribution is -2.52. The fourth-order valence-electron chi connectivity index (χ4n) is 2.16. The molecule has 132 valence electrons. The molecule has 0 aliphatic rings. The number of ether oxygens (including phenoxy) is 1. The second kappa shape index (κ2) is 9.51. The van der Waals surface area contributed by atoms with E-state index in [2.05, 4.69) is 0 Å². The van der Waals surface area contributed by atoms with Crippen molar-refractivity contribution in [1.29, 1.82) is 0 Å². The van der Waals surface area contributed by atoms with Gasteiger partial charge in [-0.05, 0) is 12.0 Å². The van der Waals surface area contributed by atoms with Gasteiger partial charge in [0.1, 0.15) is 18.7 Å². The Kier molecular flexibility index (Phi) is 7.70. The summed E-state index contributed by atoms with van der Waals surface area (Å²) < 4.78 is 5.21. The summed E-state index contributed by atoms with van der Waals surface area (Å²) in [7, 11) is 0. The second-order valence-electron chi connectivity index (χ2n) is 5.33. The molecule has 0 aliphatic carbocycles. The van der Waals surface area contributed by atoms with E-state index in [9.17, 15) is 14.4 Å². The highest BCUT2D eigenvalue weighted by molar-refractivity contribution is 5.85. The molecule has 0 spiro atoms. The molecule has 1 rings (SSSR count). The molecule has 0 saturated heterocycles. The first-order chi connectivity index (χ1) is 11.4. The van der Waals surface area contributed by atoms with E-state index in [0.29, 0.717) is 6.42 Å². The number of aliphatic carboxylic acids is 1. The molecule has 1 aromatic carbocycles. The molecule has 1 aromatic rings. The maximum absolute atomic E-state index is 12.3. The Bertz CT molecular complexity index is 564. The van der Waals surface area contributed by atoms with E-state index in [4.69, 9.17) is 21.3 Å². The van der Waals surface area contributed by atoms with E-state index >= 15 is 0 Å². The molecule has 0 fully saturated rings. The zero-order valence-corrected chi connectivity index (χ0v) is 13.6. The van der Waals surface area contributed by atoms with Crippen LogP contribution in [0.1, 0.15) is 25.3 Å². The highest BCUT2D eigenvalue weighted by Gasteiger charge is 2.32. The van der Waals surface area contributed by atoms with Gasteiger partial charge in [0.2, 0.25) is 5.91 Å². The number of benzene rings is 1. The third kappa shape index (κ3) is 5.88. The normalized spacial score (nSPS) is 12.9. The zero-order chi connectivity index (χ0) is 18.1. The molecule has 2 amide bonds. The monoisotopic (exact) mass is 337 g/mol. The Hall–Kier alpha value is -2.61. The van der Waals surface area contributed by atoms with Gasteiger partial charge in [-0.1, -0.05) is 37.3 Å². The molecule has 5 N–H and O–H groups in total. The van der Waals surface area contributed by atoms with Gasteiger partial charge in [-0.25, -0.2) is 4.79 Å². The Labute approximate surface area is 140 Å². The molecule has 0 saturated carbocycles. The number of carbonyl (C=O) groups is 3. The quantitative estimate of drug-likeness (QED) is 0.606. The van der Waals surface area contributed by atoms with Crippen molar-refractivity contribution in [2.45, 2.75) is 38.5 Å². The Morgan fingerprint density at radius 3 is 2.38 bits per heavy atom. The Balaban J connectivity index is 2.81. The molecule has 0 bridgehead atoms. The number of nitrogens with two attached hydrogens (primary N) is 2. The maximum atomic E-state index is 12.3. The van der Waals surface area contributed by atoms with Crippen LogP contribution in [0, 0.1) is 0 Å². The highest BCUT2D eigenvalue weighted by atomic mass is 16.6. The van der Waals surface area contributed by atoms with Crippen molar-refractivity contribution in [3.05, 3.63) is 35.9 Å². The van der Waals surface area contributed by atoms with Crippen LogP contribution in [0.3, 0.4) is 0 Å². The largest absolute Gasteiger partial charge is 0.480 e. The minimum atomic E-state index is -1.30. The van der Waals surface area contributed by atoms with Gasteiger partial charge >= 0.3 is 12.1 Å². The van der Waals surface area contributed by atoms with E-state index < -0.39 is 30.1 Å². The van der Waals surface area contributed by atoms with Crippen LogP contribution >= 0.6 is 0 Å². The van der Waals surface area contributed by atoms with Gasteiger partial charge in [0.25, 0.3) is 0 Å². The first kappa shape index (κ1) is 19.4. The first-order valence-corrected chi connectivity index (χ1v) is 7.61. The van der Waals surface area contributed by atoms with Crippen molar-refractivity contribution >= 4 is 18.0 Å². The molecule has 0 aliphatic heterocycles. The summed E-state index contributed by atoms with van der Waals surface area (Å²) in [5.41, 5.74) is 11.6. The number of nitrogens with zero attached hydrogens (tertiary/aromatic N) is 1. The molecule has 1 unspecified atom stereocenters. The molecular weight excluding hydrogens is 314 g/mol. The van der Waals surface area contributed by atoms with Crippen LogP contribution in [0.25, 0.3) is 0 Å². The van der Waals surface area contributed by atoms with Gasteiger partial charge in [0.15, 0.2) is 0 Å². The average Bonchev–Trinajstić information content (AvgIpc) is 2.56. The molecule has 0 heterocycles. The SMILES string of the molecule is CCCN(C(=O)OCc1ccccc1)[C@@H](CC(N)C(=O)O)C(N)=O. The zero-order valence-electron chi connectivity index (χ0n) is 13.6. The molecule has 8 heteroatoms. The lowest BCUT2D eigenvalue weighted by Gasteiger charge is -2.29. The van der Waals surface area contributed by atoms with Crippen LogP contribution in [0.4, 0.5) is 4.79 Å². The van der Waals surface area contributed by atoms with Crippen LogP contribution in [-0.4, -0.2) is 46.6 Å². The van der Waals surface area contributed by atoms with Crippen molar-refractivity contribution in [3.63, 3.8) is 0 Å². The summed E-state index contributed by atoms with van der Waals surface area (Å²) in [5.74, 6) is -2.09. The van der Waals surface area contributed by atoms with Crippen LogP contribution < -0.4 is 11.5 Å². The van der Waals surface area contributed by atoms with E-state index in [-0.39, 0.29) is 19.6 Å². The van der Waals surface area contributed by atoms with Gasteiger partial charge < -0.3 is 21.3 Å². The molecule has 24 heavy (non-hydrogen) atoms. The summed E-state index contributed by atoms with van der Waals surface area (Å²) in [5, 5.41) is 8.90. The smallest absolute Gasteiger partial charge is 0.410 e. The van der Waals surface area contributed by atoms with Crippen LogP contribution in [0.2, 0.25) is 0 Å². The van der Waals surface area contributed by atoms with Gasteiger partial charge in [-0.15, -0.1) is 0 Å². The number of carboxylic acids is 1. The maximum Gasteiger partial charge on any atom is 0.410 e. The fraction of sp³-hybridized carbons (Fsp3) is 0.438. The van der Waals surface area contributed by atoms with Crippen LogP contribution in [-0.2, 0) is 20.9 Å². The first-order valence-electron chi connectivity index (χ1n) is 7.61. The third-order valence-corrected chi connectivity index (χ3v) is 3.40. The lowest BCUT2D eigenvalue weighted by molar-refractivity contribution is -0.139. The molecular formula is C16H23N3O5. The number of rotatable bonds is 9. The van der Waals surface area contributed by atoms with Crippen molar-refractivity contribution in [2.24, 2.45) is 11.5 Å². The third-order valence-electron chi connectivity index (χ3n) is 3.40. The van der Waals surface area contributed by atoms with E-state index in [1.807, 2.05) is 25.1 Å². The van der Waals surface area contributed by atoms with Crippen molar-refractivity contribution < 1.29 is 24.2 Å².